The standard InChI is InChI=1S/C12H17Cl2N.ClH/c1-2-3-4-8-11(15)12-9(13)6-5-7-10(12)14;/h5-7,11H,2-4,8,15H2,1H3;1H/t11-;/m0./s1. The highest BCUT2D eigenvalue weighted by molar-refractivity contribution is 6.36. The van der Waals surface area contributed by atoms with Gasteiger partial charge in [-0.15, -0.1) is 12.4 Å². The Hall–Kier alpha value is 0.0500. The minimum absolute atomic E-state index is 0. The summed E-state index contributed by atoms with van der Waals surface area (Å²) in [5.41, 5.74) is 6.95. The van der Waals surface area contributed by atoms with E-state index >= 15 is 0 Å². The van der Waals surface area contributed by atoms with Gasteiger partial charge in [0, 0.05) is 21.7 Å². The predicted molar refractivity (Wildman–Crippen MR) is 74.8 cm³/mol. The van der Waals surface area contributed by atoms with E-state index in [0.717, 1.165) is 18.4 Å². The van der Waals surface area contributed by atoms with Crippen molar-refractivity contribution in [2.75, 3.05) is 0 Å². The highest BCUT2D eigenvalue weighted by Gasteiger charge is 2.13. The number of nitrogens with two attached hydrogens (primary N) is 1. The van der Waals surface area contributed by atoms with Crippen LogP contribution in [0.4, 0.5) is 0 Å². The molecular formula is C12H18Cl3N. The monoisotopic (exact) mass is 281 g/mol. The van der Waals surface area contributed by atoms with Gasteiger partial charge in [-0.25, -0.2) is 0 Å². The molecule has 0 amide bonds. The van der Waals surface area contributed by atoms with Crippen molar-refractivity contribution >= 4 is 35.6 Å². The molecule has 4 heteroatoms. The Labute approximate surface area is 114 Å². The van der Waals surface area contributed by atoms with Gasteiger partial charge in [0.2, 0.25) is 0 Å². The molecule has 0 aromatic heterocycles. The maximum Gasteiger partial charge on any atom is 0.0468 e. The zero-order valence-corrected chi connectivity index (χ0v) is 11.7. The fraction of sp³-hybridized carbons (Fsp3) is 0.500. The average molecular weight is 283 g/mol. The molecule has 0 bridgehead atoms. The third-order valence-electron chi connectivity index (χ3n) is 2.49. The summed E-state index contributed by atoms with van der Waals surface area (Å²) in [7, 11) is 0. The minimum atomic E-state index is -0.0438. The van der Waals surface area contributed by atoms with Crippen LogP contribution in [-0.4, -0.2) is 0 Å². The molecule has 0 fully saturated rings. The summed E-state index contributed by atoms with van der Waals surface area (Å²) < 4.78 is 0. The third-order valence-corrected chi connectivity index (χ3v) is 3.15. The number of hydrogen-bond acceptors (Lipinski definition) is 1. The molecule has 0 aliphatic carbocycles. The number of hydrogen-bond donors (Lipinski definition) is 1. The molecule has 0 aliphatic rings. The number of rotatable bonds is 5. The fourth-order valence-electron chi connectivity index (χ4n) is 1.62. The number of halogens is 3. The van der Waals surface area contributed by atoms with E-state index in [1.807, 2.05) is 18.2 Å². The lowest BCUT2D eigenvalue weighted by atomic mass is 10.0. The van der Waals surface area contributed by atoms with Crippen LogP contribution in [0.3, 0.4) is 0 Å². The van der Waals surface area contributed by atoms with Gasteiger partial charge in [-0.05, 0) is 18.6 Å². The number of benzene rings is 1. The van der Waals surface area contributed by atoms with Gasteiger partial charge >= 0.3 is 0 Å². The molecule has 0 saturated heterocycles. The molecule has 1 nitrogen and oxygen atoms in total. The molecule has 1 aromatic rings. The SMILES string of the molecule is CCCCC[C@H](N)c1c(Cl)cccc1Cl.Cl. The molecule has 0 heterocycles. The lowest BCUT2D eigenvalue weighted by Gasteiger charge is -2.14. The lowest BCUT2D eigenvalue weighted by Crippen LogP contribution is -2.11. The zero-order valence-electron chi connectivity index (χ0n) is 9.38. The van der Waals surface area contributed by atoms with Crippen molar-refractivity contribution in [2.24, 2.45) is 5.73 Å². The first-order chi connectivity index (χ1) is 7.16. The van der Waals surface area contributed by atoms with E-state index in [1.165, 1.54) is 12.8 Å². The van der Waals surface area contributed by atoms with Crippen LogP contribution < -0.4 is 5.73 Å². The maximum absolute atomic E-state index is 6.07. The molecule has 0 unspecified atom stereocenters. The highest BCUT2D eigenvalue weighted by atomic mass is 35.5. The van der Waals surface area contributed by atoms with Crippen molar-refractivity contribution in [3.8, 4) is 0 Å². The van der Waals surface area contributed by atoms with E-state index < -0.39 is 0 Å². The Balaban J connectivity index is 0.00000225. The summed E-state index contributed by atoms with van der Waals surface area (Å²) in [5.74, 6) is 0. The van der Waals surface area contributed by atoms with Gasteiger partial charge in [0.1, 0.15) is 0 Å². The quantitative estimate of drug-likeness (QED) is 0.756. The van der Waals surface area contributed by atoms with Gasteiger partial charge in [-0.1, -0.05) is 55.5 Å². The molecule has 0 spiro atoms. The lowest BCUT2D eigenvalue weighted by molar-refractivity contribution is 0.581. The Morgan fingerprint density at radius 1 is 1.19 bits per heavy atom. The van der Waals surface area contributed by atoms with Crippen LogP contribution in [0.1, 0.15) is 44.2 Å². The van der Waals surface area contributed by atoms with Gasteiger partial charge in [-0.2, -0.15) is 0 Å². The van der Waals surface area contributed by atoms with Crippen LogP contribution in [0.2, 0.25) is 10.0 Å². The van der Waals surface area contributed by atoms with Crippen LogP contribution in [0.25, 0.3) is 0 Å². The van der Waals surface area contributed by atoms with Gasteiger partial charge < -0.3 is 5.73 Å². The molecule has 16 heavy (non-hydrogen) atoms. The van der Waals surface area contributed by atoms with E-state index in [4.69, 9.17) is 28.9 Å². The van der Waals surface area contributed by atoms with Crippen molar-refractivity contribution in [2.45, 2.75) is 38.6 Å². The minimum Gasteiger partial charge on any atom is -0.324 e. The second-order valence-electron chi connectivity index (χ2n) is 3.74. The molecule has 1 rings (SSSR count). The van der Waals surface area contributed by atoms with Crippen LogP contribution in [-0.2, 0) is 0 Å². The Bertz CT molecular complexity index is 295. The fourth-order valence-corrected chi connectivity index (χ4v) is 2.30. The van der Waals surface area contributed by atoms with Gasteiger partial charge in [0.05, 0.1) is 0 Å². The second kappa shape index (κ2) is 8.19. The van der Waals surface area contributed by atoms with Crippen LogP contribution in [0.5, 0.6) is 0 Å². The van der Waals surface area contributed by atoms with Crippen molar-refractivity contribution in [3.63, 3.8) is 0 Å². The van der Waals surface area contributed by atoms with Crippen molar-refractivity contribution < 1.29 is 0 Å². The van der Waals surface area contributed by atoms with Gasteiger partial charge in [0.25, 0.3) is 0 Å². The summed E-state index contributed by atoms with van der Waals surface area (Å²) in [6.07, 6.45) is 4.47. The van der Waals surface area contributed by atoms with Crippen LogP contribution >= 0.6 is 35.6 Å². The molecule has 0 saturated carbocycles. The first kappa shape index (κ1) is 16.1. The van der Waals surface area contributed by atoms with E-state index in [1.54, 1.807) is 0 Å². The first-order valence-corrected chi connectivity index (χ1v) is 6.12. The average Bonchev–Trinajstić information content (AvgIpc) is 2.18. The van der Waals surface area contributed by atoms with E-state index in [-0.39, 0.29) is 18.4 Å². The molecule has 1 atom stereocenters. The zero-order chi connectivity index (χ0) is 11.3. The Kier molecular flexibility index (Phi) is 8.21. The van der Waals surface area contributed by atoms with E-state index in [2.05, 4.69) is 6.92 Å². The van der Waals surface area contributed by atoms with Gasteiger partial charge in [-0.3, -0.25) is 0 Å². The predicted octanol–water partition coefficient (Wildman–Crippen LogP) is 5.00. The molecule has 2 N–H and O–H groups in total. The van der Waals surface area contributed by atoms with Crippen LogP contribution in [0.15, 0.2) is 18.2 Å². The summed E-state index contributed by atoms with van der Waals surface area (Å²) >= 11 is 12.1. The van der Waals surface area contributed by atoms with E-state index in [9.17, 15) is 0 Å². The summed E-state index contributed by atoms with van der Waals surface area (Å²) in [6, 6.07) is 5.47. The maximum atomic E-state index is 6.07. The van der Waals surface area contributed by atoms with Crippen molar-refractivity contribution in [1.82, 2.24) is 0 Å². The molecule has 0 aliphatic heterocycles. The molecule has 92 valence electrons. The topological polar surface area (TPSA) is 26.0 Å². The summed E-state index contributed by atoms with van der Waals surface area (Å²) in [5, 5.41) is 1.35. The number of unbranched alkanes of at least 4 members (excludes halogenated alkanes) is 2. The Morgan fingerprint density at radius 3 is 2.25 bits per heavy atom. The van der Waals surface area contributed by atoms with Crippen molar-refractivity contribution in [3.05, 3.63) is 33.8 Å². The Morgan fingerprint density at radius 2 is 1.75 bits per heavy atom. The molecule has 0 radical (unpaired) electrons. The molecule has 1 aromatic carbocycles. The normalized spacial score (nSPS) is 12.0. The largest absolute Gasteiger partial charge is 0.324 e. The second-order valence-corrected chi connectivity index (χ2v) is 4.55. The summed E-state index contributed by atoms with van der Waals surface area (Å²) in [4.78, 5) is 0. The summed E-state index contributed by atoms with van der Waals surface area (Å²) in [6.45, 7) is 2.17. The molecular weight excluding hydrogens is 264 g/mol. The van der Waals surface area contributed by atoms with E-state index in [0.29, 0.717) is 10.0 Å². The van der Waals surface area contributed by atoms with Crippen LogP contribution in [0, 0.1) is 0 Å². The van der Waals surface area contributed by atoms with Crippen molar-refractivity contribution in [1.29, 1.82) is 0 Å². The first-order valence-electron chi connectivity index (χ1n) is 5.36. The van der Waals surface area contributed by atoms with Gasteiger partial charge in [0.15, 0.2) is 0 Å². The third kappa shape index (κ3) is 4.50. The smallest absolute Gasteiger partial charge is 0.0468 e. The highest BCUT2D eigenvalue weighted by Crippen LogP contribution is 2.31.